The van der Waals surface area contributed by atoms with Crippen molar-refractivity contribution < 1.29 is 32.7 Å². The van der Waals surface area contributed by atoms with Crippen LogP contribution in [0.15, 0.2) is 36.4 Å². The second kappa shape index (κ2) is 8.72. The number of aryl methyl sites for hydroxylation is 2. The Morgan fingerprint density at radius 1 is 1.09 bits per heavy atom. The molecule has 2 aromatic carbocycles. The molecule has 1 unspecified atom stereocenters. The van der Waals surface area contributed by atoms with E-state index in [1.54, 1.807) is 0 Å². The molecular formula is C19H23N2PY-2. The summed E-state index contributed by atoms with van der Waals surface area (Å²) in [5, 5.41) is 0. The van der Waals surface area contributed by atoms with Crippen molar-refractivity contribution in [1.29, 1.82) is 0 Å². The van der Waals surface area contributed by atoms with Gasteiger partial charge in [0, 0.05) is 51.8 Å². The quantitative estimate of drug-likeness (QED) is 0.561. The molecular weight excluding hydrogens is 376 g/mol. The van der Waals surface area contributed by atoms with Gasteiger partial charge >= 0.3 is 0 Å². The first-order chi connectivity index (χ1) is 10.6. The van der Waals surface area contributed by atoms with Gasteiger partial charge in [0.1, 0.15) is 0 Å². The summed E-state index contributed by atoms with van der Waals surface area (Å²) in [6.07, 6.45) is 2.32. The number of benzene rings is 2. The van der Waals surface area contributed by atoms with Gasteiger partial charge in [-0.15, -0.1) is 12.1 Å². The monoisotopic (exact) mass is 399 g/mol. The third-order valence-electron chi connectivity index (χ3n) is 4.26. The maximum absolute atomic E-state index is 3.52. The van der Waals surface area contributed by atoms with Gasteiger partial charge in [-0.3, -0.25) is 4.67 Å². The molecule has 1 saturated heterocycles. The summed E-state index contributed by atoms with van der Waals surface area (Å²) < 4.78 is 2.33. The maximum Gasteiger partial charge on any atom is 0.0321 e. The Labute approximate surface area is 167 Å². The van der Waals surface area contributed by atoms with Crippen LogP contribution in [-0.2, 0) is 32.7 Å². The van der Waals surface area contributed by atoms with E-state index in [0.717, 1.165) is 37.3 Å². The van der Waals surface area contributed by atoms with Crippen LogP contribution in [0, 0.1) is 26.0 Å². The Morgan fingerprint density at radius 2 is 1.83 bits per heavy atom. The van der Waals surface area contributed by atoms with E-state index in [1.165, 1.54) is 11.1 Å². The summed E-state index contributed by atoms with van der Waals surface area (Å²) in [6.45, 7) is 6.44. The largest absolute Gasteiger partial charge is 0.385 e. The first-order valence-electron chi connectivity index (χ1n) is 7.89. The molecule has 1 aliphatic rings. The van der Waals surface area contributed by atoms with E-state index in [0.29, 0.717) is 6.04 Å². The van der Waals surface area contributed by atoms with Crippen LogP contribution >= 0.6 is 9.39 Å². The second-order valence-corrected chi connectivity index (χ2v) is 6.84. The van der Waals surface area contributed by atoms with Gasteiger partial charge in [0.25, 0.3) is 0 Å². The van der Waals surface area contributed by atoms with Crippen LogP contribution in [0.1, 0.15) is 24.0 Å². The van der Waals surface area contributed by atoms with Crippen LogP contribution in [0.25, 0.3) is 0 Å². The van der Waals surface area contributed by atoms with Gasteiger partial charge in [0.15, 0.2) is 0 Å². The van der Waals surface area contributed by atoms with Crippen molar-refractivity contribution in [3.63, 3.8) is 0 Å². The first kappa shape index (κ1) is 19.1. The minimum absolute atomic E-state index is 0. The number of nitrogens with zero attached hydrogens (tertiary/aromatic N) is 2. The molecule has 0 aromatic heterocycles. The predicted octanol–water partition coefficient (Wildman–Crippen LogP) is 4.29. The zero-order valence-corrected chi connectivity index (χ0v) is 17.9. The number of piperidine rings is 1. The van der Waals surface area contributed by atoms with Gasteiger partial charge in [-0.05, 0) is 12.8 Å². The Morgan fingerprint density at radius 3 is 2.43 bits per heavy atom. The van der Waals surface area contributed by atoms with Crippen molar-refractivity contribution in [3.8, 4) is 0 Å². The summed E-state index contributed by atoms with van der Waals surface area (Å²) >= 11 is 0. The molecule has 119 valence electrons. The van der Waals surface area contributed by atoms with Crippen molar-refractivity contribution in [2.24, 2.45) is 0 Å². The number of hydrogen-bond acceptors (Lipinski definition) is 2. The number of rotatable bonds is 3. The summed E-state index contributed by atoms with van der Waals surface area (Å²) in [7, 11) is 2.82. The van der Waals surface area contributed by atoms with Crippen LogP contribution in [0.5, 0.6) is 0 Å². The molecule has 0 bridgehead atoms. The van der Waals surface area contributed by atoms with E-state index < -0.39 is 0 Å². The normalized spacial score (nSPS) is 16.0. The Kier molecular flexibility index (Phi) is 7.23. The average molecular weight is 399 g/mol. The second-order valence-electron chi connectivity index (χ2n) is 6.11. The van der Waals surface area contributed by atoms with Crippen molar-refractivity contribution in [1.82, 2.24) is 4.67 Å². The van der Waals surface area contributed by atoms with Crippen molar-refractivity contribution in [3.05, 3.63) is 59.7 Å². The van der Waals surface area contributed by atoms with Crippen LogP contribution < -0.4 is 4.90 Å². The summed E-state index contributed by atoms with van der Waals surface area (Å²) in [4.78, 5) is 2.42. The molecule has 0 N–H and O–H groups in total. The van der Waals surface area contributed by atoms with Gasteiger partial charge in [-0.2, -0.15) is 47.5 Å². The molecule has 4 heteroatoms. The minimum Gasteiger partial charge on any atom is -0.385 e. The summed E-state index contributed by atoms with van der Waals surface area (Å²) in [5.41, 5.74) is 4.73. The molecule has 1 atom stereocenters. The average Bonchev–Trinajstić information content (AvgIpc) is 2.51. The van der Waals surface area contributed by atoms with Gasteiger partial charge in [-0.25, -0.2) is 0 Å². The minimum atomic E-state index is 0. The predicted molar refractivity (Wildman–Crippen MR) is 96.5 cm³/mol. The van der Waals surface area contributed by atoms with E-state index in [4.69, 9.17) is 0 Å². The molecule has 23 heavy (non-hydrogen) atoms. The van der Waals surface area contributed by atoms with Gasteiger partial charge in [0.05, 0.1) is 0 Å². The Balaban J connectivity index is 0.00000192. The van der Waals surface area contributed by atoms with E-state index in [9.17, 15) is 0 Å². The van der Waals surface area contributed by atoms with Gasteiger partial charge in [-0.1, -0.05) is 34.6 Å². The van der Waals surface area contributed by atoms with Crippen LogP contribution in [0.4, 0.5) is 11.4 Å². The zero-order valence-electron chi connectivity index (χ0n) is 13.9. The Hall–Kier alpha value is -0.266. The number of anilines is 2. The van der Waals surface area contributed by atoms with Crippen LogP contribution in [-0.4, -0.2) is 23.8 Å². The van der Waals surface area contributed by atoms with E-state index in [-0.39, 0.29) is 32.7 Å². The molecule has 1 aliphatic heterocycles. The summed E-state index contributed by atoms with van der Waals surface area (Å²) in [5.74, 6) is 0. The molecule has 3 rings (SSSR count). The topological polar surface area (TPSA) is 6.48 Å². The van der Waals surface area contributed by atoms with Gasteiger partial charge < -0.3 is 4.90 Å². The van der Waals surface area contributed by atoms with Crippen molar-refractivity contribution in [2.45, 2.75) is 32.7 Å². The molecule has 0 aliphatic carbocycles. The maximum atomic E-state index is 3.52. The fourth-order valence-electron chi connectivity index (χ4n) is 3.02. The third-order valence-corrected chi connectivity index (χ3v) is 4.78. The van der Waals surface area contributed by atoms with Crippen molar-refractivity contribution >= 4 is 20.8 Å². The Bertz CT molecular complexity index is 622. The standard InChI is InChI=1S/C19H23N2P.Y/c1-15-6-8-17(9-7-15)21(18-10-12-20(22)13-11-18)19-5-3-4-16(2)14-19;/h3-8,18H,10-13,22H2,1-2H3;/q-2;. The number of hydrogen-bond donors (Lipinski definition) is 0. The molecule has 1 heterocycles. The fraction of sp³-hybridized carbons (Fsp3) is 0.368. The molecule has 2 aromatic rings. The molecule has 0 spiro atoms. The van der Waals surface area contributed by atoms with E-state index in [2.05, 4.69) is 81.3 Å². The SMILES string of the molecule is Cc1[c-]c(N(c2[c-]cc(C)cc2)C2CCN(P)CC2)ccc1.[Y]. The van der Waals surface area contributed by atoms with Gasteiger partial charge in [0.2, 0.25) is 0 Å². The third kappa shape index (κ3) is 4.86. The smallest absolute Gasteiger partial charge is 0.0321 e. The van der Waals surface area contributed by atoms with E-state index in [1.807, 2.05) is 0 Å². The fourth-order valence-corrected chi connectivity index (χ4v) is 3.32. The first-order valence-corrected chi connectivity index (χ1v) is 8.41. The van der Waals surface area contributed by atoms with Crippen molar-refractivity contribution in [2.75, 3.05) is 18.0 Å². The van der Waals surface area contributed by atoms with Crippen LogP contribution in [0.3, 0.4) is 0 Å². The molecule has 2 nitrogen and oxygen atoms in total. The molecule has 1 fully saturated rings. The van der Waals surface area contributed by atoms with Crippen LogP contribution in [0.2, 0.25) is 0 Å². The zero-order chi connectivity index (χ0) is 15.5. The summed E-state index contributed by atoms with van der Waals surface area (Å²) in [6, 6.07) is 20.3. The molecule has 1 radical (unpaired) electrons. The molecule has 0 saturated carbocycles. The molecule has 0 amide bonds. The van der Waals surface area contributed by atoms with E-state index >= 15 is 0 Å².